The lowest BCUT2D eigenvalue weighted by atomic mass is 9.95. The molecule has 1 saturated carbocycles. The molecule has 0 atom stereocenters. The van der Waals surface area contributed by atoms with Gasteiger partial charge in [-0.05, 0) is 49.6 Å². The molecular weight excluding hydrogens is 444 g/mol. The molecular formula is C24H27ClN4O2S. The summed E-state index contributed by atoms with van der Waals surface area (Å²) in [6.07, 6.45) is 5.80. The van der Waals surface area contributed by atoms with E-state index in [1.54, 1.807) is 7.11 Å². The van der Waals surface area contributed by atoms with Crippen molar-refractivity contribution < 1.29 is 9.53 Å². The standard InChI is InChI=1S/C24H27ClN4O2S/c1-16-19(25)12-8-13-20(16)26-22(30)15-32-24-28-27-23(18-11-6-7-14-21(18)31-2)29(24)17-9-4-3-5-10-17/h6-8,11-14,17H,3-5,9-10,15H2,1-2H3,(H,26,30). The number of nitrogens with zero attached hydrogens (tertiary/aromatic N) is 3. The van der Waals surface area contributed by atoms with Gasteiger partial charge >= 0.3 is 0 Å². The summed E-state index contributed by atoms with van der Waals surface area (Å²) < 4.78 is 7.78. The number of halogens is 1. The quantitative estimate of drug-likeness (QED) is 0.419. The summed E-state index contributed by atoms with van der Waals surface area (Å²) in [5.41, 5.74) is 2.50. The van der Waals surface area contributed by atoms with Gasteiger partial charge in [0.25, 0.3) is 0 Å². The van der Waals surface area contributed by atoms with Gasteiger partial charge in [-0.25, -0.2) is 0 Å². The molecule has 0 radical (unpaired) electrons. The summed E-state index contributed by atoms with van der Waals surface area (Å²) in [7, 11) is 1.66. The van der Waals surface area contributed by atoms with Gasteiger partial charge in [0.05, 0.1) is 18.4 Å². The van der Waals surface area contributed by atoms with E-state index in [4.69, 9.17) is 16.3 Å². The maximum absolute atomic E-state index is 12.7. The Hall–Kier alpha value is -2.51. The Bertz CT molecular complexity index is 1100. The van der Waals surface area contributed by atoms with Crippen molar-refractivity contribution in [2.24, 2.45) is 0 Å². The monoisotopic (exact) mass is 470 g/mol. The zero-order valence-electron chi connectivity index (χ0n) is 18.3. The molecule has 32 heavy (non-hydrogen) atoms. The molecule has 168 valence electrons. The first-order valence-electron chi connectivity index (χ1n) is 10.8. The van der Waals surface area contributed by atoms with E-state index in [2.05, 4.69) is 20.1 Å². The van der Waals surface area contributed by atoms with Crippen molar-refractivity contribution in [3.63, 3.8) is 0 Å². The van der Waals surface area contributed by atoms with Crippen molar-refractivity contribution in [2.45, 2.75) is 50.2 Å². The van der Waals surface area contributed by atoms with Crippen LogP contribution in [0.4, 0.5) is 5.69 Å². The summed E-state index contributed by atoms with van der Waals surface area (Å²) in [5.74, 6) is 1.70. The van der Waals surface area contributed by atoms with Gasteiger partial charge < -0.3 is 10.1 Å². The number of anilines is 1. The van der Waals surface area contributed by atoms with Gasteiger partial charge in [-0.15, -0.1) is 10.2 Å². The van der Waals surface area contributed by atoms with Crippen LogP contribution in [0.3, 0.4) is 0 Å². The normalized spacial score (nSPS) is 14.3. The minimum Gasteiger partial charge on any atom is -0.496 e. The van der Waals surface area contributed by atoms with E-state index in [0.717, 1.165) is 46.4 Å². The zero-order valence-corrected chi connectivity index (χ0v) is 19.9. The van der Waals surface area contributed by atoms with Crippen molar-refractivity contribution in [1.82, 2.24) is 14.8 Å². The maximum atomic E-state index is 12.7. The third-order valence-corrected chi connectivity index (χ3v) is 7.18. The highest BCUT2D eigenvalue weighted by Gasteiger charge is 2.25. The molecule has 2 aromatic carbocycles. The Morgan fingerprint density at radius 1 is 1.16 bits per heavy atom. The second kappa shape index (κ2) is 10.4. The van der Waals surface area contributed by atoms with Crippen LogP contribution in [0.25, 0.3) is 11.4 Å². The van der Waals surface area contributed by atoms with Crippen LogP contribution in [0.5, 0.6) is 5.75 Å². The number of carbonyl (C=O) groups is 1. The summed E-state index contributed by atoms with van der Waals surface area (Å²) >= 11 is 7.58. The molecule has 1 aliphatic carbocycles. The molecule has 1 amide bonds. The number of hydrogen-bond donors (Lipinski definition) is 1. The highest BCUT2D eigenvalue weighted by Crippen LogP contribution is 2.38. The van der Waals surface area contributed by atoms with Crippen LogP contribution in [0.1, 0.15) is 43.7 Å². The third kappa shape index (κ3) is 4.94. The first-order chi connectivity index (χ1) is 15.6. The number of methoxy groups -OCH3 is 1. The number of nitrogens with one attached hydrogen (secondary N) is 1. The zero-order chi connectivity index (χ0) is 22.5. The summed E-state index contributed by atoms with van der Waals surface area (Å²) in [4.78, 5) is 12.7. The molecule has 0 spiro atoms. The molecule has 4 rings (SSSR count). The van der Waals surface area contributed by atoms with E-state index >= 15 is 0 Å². The fourth-order valence-electron chi connectivity index (χ4n) is 4.12. The lowest BCUT2D eigenvalue weighted by Crippen LogP contribution is -2.18. The SMILES string of the molecule is COc1ccccc1-c1nnc(SCC(=O)Nc2cccc(Cl)c2C)n1C1CCCCC1. The average Bonchev–Trinajstić information content (AvgIpc) is 3.25. The number of hydrogen-bond acceptors (Lipinski definition) is 5. The summed E-state index contributed by atoms with van der Waals surface area (Å²) in [6.45, 7) is 1.89. The van der Waals surface area contributed by atoms with E-state index in [1.807, 2.05) is 49.4 Å². The van der Waals surface area contributed by atoms with Crippen LogP contribution >= 0.6 is 23.4 Å². The molecule has 0 unspecified atom stereocenters. The Morgan fingerprint density at radius 3 is 2.72 bits per heavy atom. The number of amides is 1. The van der Waals surface area contributed by atoms with Crippen LogP contribution in [-0.4, -0.2) is 33.5 Å². The van der Waals surface area contributed by atoms with E-state index in [-0.39, 0.29) is 11.7 Å². The topological polar surface area (TPSA) is 69.0 Å². The lowest BCUT2D eigenvalue weighted by molar-refractivity contribution is -0.113. The summed E-state index contributed by atoms with van der Waals surface area (Å²) in [6, 6.07) is 13.7. The highest BCUT2D eigenvalue weighted by molar-refractivity contribution is 7.99. The van der Waals surface area contributed by atoms with E-state index < -0.39 is 0 Å². The van der Waals surface area contributed by atoms with Gasteiger partial charge in [-0.3, -0.25) is 9.36 Å². The second-order valence-electron chi connectivity index (χ2n) is 7.92. The van der Waals surface area contributed by atoms with Crippen LogP contribution < -0.4 is 10.1 Å². The first-order valence-corrected chi connectivity index (χ1v) is 12.2. The number of rotatable bonds is 7. The number of benzene rings is 2. The molecule has 1 aliphatic rings. The smallest absolute Gasteiger partial charge is 0.234 e. The Kier molecular flexibility index (Phi) is 7.37. The van der Waals surface area contributed by atoms with Crippen LogP contribution in [0, 0.1) is 6.92 Å². The molecule has 1 N–H and O–H groups in total. The van der Waals surface area contributed by atoms with Crippen LogP contribution in [-0.2, 0) is 4.79 Å². The fourth-order valence-corrected chi connectivity index (χ4v) is 5.10. The lowest BCUT2D eigenvalue weighted by Gasteiger charge is -2.26. The minimum absolute atomic E-state index is 0.0996. The van der Waals surface area contributed by atoms with Crippen LogP contribution in [0.15, 0.2) is 47.6 Å². The van der Waals surface area contributed by atoms with Gasteiger partial charge in [0.15, 0.2) is 11.0 Å². The van der Waals surface area contributed by atoms with Crippen molar-refractivity contribution in [2.75, 3.05) is 18.2 Å². The molecule has 0 bridgehead atoms. The third-order valence-electron chi connectivity index (χ3n) is 5.83. The highest BCUT2D eigenvalue weighted by atomic mass is 35.5. The van der Waals surface area contributed by atoms with Crippen LogP contribution in [0.2, 0.25) is 5.02 Å². The molecule has 1 aromatic heterocycles. The number of aromatic nitrogens is 3. The van der Waals surface area contributed by atoms with Gasteiger partial charge in [0.2, 0.25) is 5.91 Å². The number of carbonyl (C=O) groups excluding carboxylic acids is 1. The van der Waals surface area contributed by atoms with E-state index in [1.165, 1.54) is 31.0 Å². The molecule has 6 nitrogen and oxygen atoms in total. The van der Waals surface area contributed by atoms with Gasteiger partial charge in [-0.2, -0.15) is 0 Å². The van der Waals surface area contributed by atoms with E-state index in [9.17, 15) is 4.79 Å². The first kappa shape index (κ1) is 22.7. The molecule has 3 aromatic rings. The predicted octanol–water partition coefficient (Wildman–Crippen LogP) is 6.15. The molecule has 1 heterocycles. The molecule has 0 saturated heterocycles. The Labute approximate surface area is 197 Å². The minimum atomic E-state index is -0.0996. The van der Waals surface area contributed by atoms with Crippen molar-refractivity contribution in [3.05, 3.63) is 53.1 Å². The summed E-state index contributed by atoms with van der Waals surface area (Å²) in [5, 5.41) is 13.3. The second-order valence-corrected chi connectivity index (χ2v) is 9.27. The Morgan fingerprint density at radius 2 is 1.94 bits per heavy atom. The van der Waals surface area contributed by atoms with Gasteiger partial charge in [0.1, 0.15) is 5.75 Å². The maximum Gasteiger partial charge on any atom is 0.234 e. The van der Waals surface area contributed by atoms with Gasteiger partial charge in [-0.1, -0.05) is 60.8 Å². The van der Waals surface area contributed by atoms with Crippen molar-refractivity contribution in [3.8, 4) is 17.1 Å². The molecule has 0 aliphatic heterocycles. The number of ether oxygens (including phenoxy) is 1. The predicted molar refractivity (Wildman–Crippen MR) is 130 cm³/mol. The van der Waals surface area contributed by atoms with Crippen molar-refractivity contribution in [1.29, 1.82) is 0 Å². The average molecular weight is 471 g/mol. The van der Waals surface area contributed by atoms with Crippen molar-refractivity contribution >= 4 is 35.0 Å². The largest absolute Gasteiger partial charge is 0.496 e. The Balaban J connectivity index is 1.57. The fraction of sp³-hybridized carbons (Fsp3) is 0.375. The molecule has 1 fully saturated rings. The number of thioether (sulfide) groups is 1. The molecule has 8 heteroatoms. The van der Waals surface area contributed by atoms with E-state index in [0.29, 0.717) is 11.1 Å². The number of para-hydroxylation sites is 1. The van der Waals surface area contributed by atoms with Gasteiger partial charge in [0, 0.05) is 16.8 Å².